The zero-order valence-electron chi connectivity index (χ0n) is 15.3. The monoisotopic (exact) mass is 451 g/mol. The lowest BCUT2D eigenvalue weighted by Crippen LogP contribution is -2.15. The second kappa shape index (κ2) is 9.35. The summed E-state index contributed by atoms with van der Waals surface area (Å²) in [6, 6.07) is 11.0. The smallest absolute Gasteiger partial charge is 0.204 e. The Hall–Kier alpha value is -1.89. The molecule has 27 heavy (non-hydrogen) atoms. The zero-order chi connectivity index (χ0) is 18.7. The van der Waals surface area contributed by atoms with Gasteiger partial charge in [0.2, 0.25) is 5.95 Å². The van der Waals surface area contributed by atoms with Crippen LogP contribution in [0.3, 0.4) is 0 Å². The van der Waals surface area contributed by atoms with Gasteiger partial charge in [0, 0.05) is 23.7 Å². The van der Waals surface area contributed by atoms with Crippen molar-refractivity contribution in [3.05, 3.63) is 58.1 Å². The topological polar surface area (TPSA) is 67.2 Å². The molecule has 3 aromatic rings. The van der Waals surface area contributed by atoms with E-state index in [1.807, 2.05) is 24.5 Å². The third kappa shape index (κ3) is 4.89. The van der Waals surface area contributed by atoms with Crippen molar-refractivity contribution in [3.8, 4) is 0 Å². The summed E-state index contributed by atoms with van der Waals surface area (Å²) in [5, 5.41) is 12.8. The van der Waals surface area contributed by atoms with Crippen molar-refractivity contribution in [1.82, 2.24) is 9.55 Å². The fourth-order valence-corrected chi connectivity index (χ4v) is 2.95. The van der Waals surface area contributed by atoms with Crippen molar-refractivity contribution < 1.29 is 9.90 Å². The molecular weight excluding hydrogens is 430 g/mol. The Morgan fingerprint density at radius 2 is 1.85 bits per heavy atom. The number of hydrogen-bond acceptors (Lipinski definition) is 4. The average Bonchev–Trinajstić information content (AvgIpc) is 2.93. The molecule has 0 aliphatic heterocycles. The molecule has 7 heteroatoms. The van der Waals surface area contributed by atoms with Crippen LogP contribution in [0.25, 0.3) is 11.0 Å². The number of carbonyl (C=O) groups is 1. The molecule has 144 valence electrons. The molecule has 0 saturated heterocycles. The summed E-state index contributed by atoms with van der Waals surface area (Å²) in [4.78, 5) is 17.4. The molecule has 1 heterocycles. The molecule has 0 aliphatic carbocycles. The number of aliphatic hydroxyl groups excluding tert-OH is 1. The van der Waals surface area contributed by atoms with Crippen molar-refractivity contribution in [3.63, 3.8) is 0 Å². The van der Waals surface area contributed by atoms with E-state index in [0.29, 0.717) is 29.5 Å². The van der Waals surface area contributed by atoms with E-state index in [-0.39, 0.29) is 35.9 Å². The van der Waals surface area contributed by atoms with Gasteiger partial charge in [-0.2, -0.15) is 0 Å². The number of aromatic nitrogens is 2. The third-order valence-corrected chi connectivity index (χ3v) is 4.70. The molecule has 0 amide bonds. The third-order valence-electron chi connectivity index (χ3n) is 4.45. The first-order valence-corrected chi connectivity index (χ1v) is 8.98. The summed E-state index contributed by atoms with van der Waals surface area (Å²) < 4.78 is 1.90. The Balaban J connectivity index is 0.00000261. The van der Waals surface area contributed by atoms with E-state index in [0.717, 1.165) is 22.2 Å². The molecule has 0 fully saturated rings. The van der Waals surface area contributed by atoms with Gasteiger partial charge in [-0.25, -0.2) is 4.98 Å². The van der Waals surface area contributed by atoms with E-state index in [1.165, 1.54) is 0 Å². The molecule has 3 rings (SSSR count). The lowest BCUT2D eigenvalue weighted by molar-refractivity contribution is 0.0974. The molecular formula is C20H23BrClN3O2. The first-order chi connectivity index (χ1) is 12.5. The summed E-state index contributed by atoms with van der Waals surface area (Å²) in [5.74, 6) is 0.630. The molecule has 0 atom stereocenters. The normalized spacial score (nSPS) is 10.7. The van der Waals surface area contributed by atoms with Crippen LogP contribution in [0.5, 0.6) is 0 Å². The number of hydrogen-bond donors (Lipinski definition) is 2. The Labute approximate surface area is 174 Å². The standard InChI is InChI=1S/C20H22ClN3O2.BrH/c1-13-10-17-18(11-14(13)2)24(20(23-17)22-8-3-9-25)12-19(26)15-4-6-16(21)7-5-15;/h4-7,10-11,25H,3,8-9,12H2,1-2H3,(H,22,23);1H. The number of benzene rings is 2. The van der Waals surface area contributed by atoms with E-state index < -0.39 is 0 Å². The van der Waals surface area contributed by atoms with Gasteiger partial charge in [0.05, 0.1) is 17.6 Å². The van der Waals surface area contributed by atoms with E-state index in [4.69, 9.17) is 16.7 Å². The predicted octanol–water partition coefficient (Wildman–Crippen LogP) is 4.56. The maximum absolute atomic E-state index is 12.7. The SMILES string of the molecule is Br.Cc1cc2nc(NCCCO)n(CC(=O)c3ccc(Cl)cc3)c2cc1C. The van der Waals surface area contributed by atoms with Crippen molar-refractivity contribution >= 4 is 51.3 Å². The highest BCUT2D eigenvalue weighted by Gasteiger charge is 2.16. The summed E-state index contributed by atoms with van der Waals surface area (Å²) in [6.07, 6.45) is 0.617. The number of fused-ring (bicyclic) bond motifs is 1. The summed E-state index contributed by atoms with van der Waals surface area (Å²) in [6.45, 7) is 4.97. The lowest BCUT2D eigenvalue weighted by atomic mass is 10.1. The van der Waals surface area contributed by atoms with Gasteiger partial charge in [-0.3, -0.25) is 4.79 Å². The van der Waals surface area contributed by atoms with Gasteiger partial charge in [-0.15, -0.1) is 17.0 Å². The van der Waals surface area contributed by atoms with Gasteiger partial charge >= 0.3 is 0 Å². The molecule has 0 radical (unpaired) electrons. The lowest BCUT2D eigenvalue weighted by Gasteiger charge is -2.11. The van der Waals surface area contributed by atoms with Crippen LogP contribution in [0.15, 0.2) is 36.4 Å². The Bertz CT molecular complexity index is 939. The van der Waals surface area contributed by atoms with E-state index >= 15 is 0 Å². The number of aliphatic hydroxyl groups is 1. The number of nitrogens with one attached hydrogen (secondary N) is 1. The van der Waals surface area contributed by atoms with Crippen LogP contribution in [0, 0.1) is 13.8 Å². The predicted molar refractivity (Wildman–Crippen MR) is 116 cm³/mol. The van der Waals surface area contributed by atoms with E-state index in [9.17, 15) is 4.79 Å². The van der Waals surface area contributed by atoms with Crippen molar-refractivity contribution in [2.75, 3.05) is 18.5 Å². The van der Waals surface area contributed by atoms with Crippen LogP contribution in [-0.4, -0.2) is 33.6 Å². The number of rotatable bonds is 7. The van der Waals surface area contributed by atoms with Crippen LogP contribution >= 0.6 is 28.6 Å². The van der Waals surface area contributed by atoms with E-state index in [2.05, 4.69) is 16.4 Å². The Kier molecular flexibility index (Phi) is 7.41. The van der Waals surface area contributed by atoms with E-state index in [1.54, 1.807) is 24.3 Å². The summed E-state index contributed by atoms with van der Waals surface area (Å²) >= 11 is 5.91. The highest BCUT2D eigenvalue weighted by atomic mass is 79.9. The Morgan fingerprint density at radius 3 is 2.52 bits per heavy atom. The minimum atomic E-state index is -0.00981. The van der Waals surface area contributed by atoms with Gasteiger partial charge in [-0.05, 0) is 67.8 Å². The molecule has 2 aromatic carbocycles. The van der Waals surface area contributed by atoms with Crippen molar-refractivity contribution in [1.29, 1.82) is 0 Å². The number of halogens is 2. The maximum atomic E-state index is 12.7. The summed E-state index contributed by atoms with van der Waals surface area (Å²) in [5.41, 5.74) is 4.69. The van der Waals surface area contributed by atoms with Gasteiger partial charge in [0.1, 0.15) is 0 Å². The number of carbonyl (C=O) groups excluding carboxylic acids is 1. The molecule has 0 saturated carbocycles. The number of aryl methyl sites for hydroxylation is 2. The number of ketones is 1. The highest BCUT2D eigenvalue weighted by molar-refractivity contribution is 8.93. The largest absolute Gasteiger partial charge is 0.396 e. The highest BCUT2D eigenvalue weighted by Crippen LogP contribution is 2.24. The quantitative estimate of drug-likeness (QED) is 0.407. The molecule has 1 aromatic heterocycles. The summed E-state index contributed by atoms with van der Waals surface area (Å²) in [7, 11) is 0. The van der Waals surface area contributed by atoms with Crippen LogP contribution in [0.2, 0.25) is 5.02 Å². The molecule has 0 aliphatic rings. The zero-order valence-corrected chi connectivity index (χ0v) is 17.8. The van der Waals surface area contributed by atoms with Crippen LogP contribution < -0.4 is 5.32 Å². The van der Waals surface area contributed by atoms with Gasteiger partial charge in [-0.1, -0.05) is 11.6 Å². The second-order valence-corrected chi connectivity index (χ2v) is 6.82. The Morgan fingerprint density at radius 1 is 1.19 bits per heavy atom. The number of anilines is 1. The molecule has 2 N–H and O–H groups in total. The fraction of sp³-hybridized carbons (Fsp3) is 0.300. The molecule has 5 nitrogen and oxygen atoms in total. The van der Waals surface area contributed by atoms with Gasteiger partial charge < -0.3 is 15.0 Å². The molecule has 0 bridgehead atoms. The van der Waals surface area contributed by atoms with Crippen LogP contribution in [-0.2, 0) is 6.54 Å². The first kappa shape index (κ1) is 21.4. The average molecular weight is 453 g/mol. The minimum Gasteiger partial charge on any atom is -0.396 e. The number of Topliss-reactive ketones (excluding diaryl/α,β-unsaturated/α-hetero) is 1. The first-order valence-electron chi connectivity index (χ1n) is 8.60. The van der Waals surface area contributed by atoms with Crippen molar-refractivity contribution in [2.24, 2.45) is 0 Å². The maximum Gasteiger partial charge on any atom is 0.204 e. The second-order valence-electron chi connectivity index (χ2n) is 6.38. The van der Waals surface area contributed by atoms with Crippen LogP contribution in [0.4, 0.5) is 5.95 Å². The molecule has 0 spiro atoms. The number of imidazole rings is 1. The van der Waals surface area contributed by atoms with Crippen LogP contribution in [0.1, 0.15) is 27.9 Å². The minimum absolute atomic E-state index is 0. The molecule has 0 unspecified atom stereocenters. The van der Waals surface area contributed by atoms with Gasteiger partial charge in [0.15, 0.2) is 5.78 Å². The van der Waals surface area contributed by atoms with Crippen molar-refractivity contribution in [2.45, 2.75) is 26.8 Å². The fourth-order valence-electron chi connectivity index (χ4n) is 2.82. The van der Waals surface area contributed by atoms with Gasteiger partial charge in [0.25, 0.3) is 0 Å². The number of nitrogens with zero attached hydrogens (tertiary/aromatic N) is 2.